The molecule has 1 saturated carbocycles. The van der Waals surface area contributed by atoms with Crippen molar-refractivity contribution in [2.45, 2.75) is 44.8 Å². The van der Waals surface area contributed by atoms with Gasteiger partial charge in [0.05, 0.1) is 24.7 Å². The number of fused-ring (bicyclic) bond motifs is 2. The zero-order chi connectivity index (χ0) is 13.3. The fourth-order valence-electron chi connectivity index (χ4n) is 3.38. The van der Waals surface area contributed by atoms with Crippen LogP contribution in [0.1, 0.15) is 43.7 Å². The number of carbonyl (C=O) groups is 1. The first-order chi connectivity index (χ1) is 9.25. The van der Waals surface area contributed by atoms with Gasteiger partial charge < -0.3 is 9.47 Å². The first-order valence-corrected chi connectivity index (χ1v) is 7.14. The van der Waals surface area contributed by atoms with Crippen molar-refractivity contribution in [3.05, 3.63) is 35.4 Å². The number of hydrogen-bond donors (Lipinski definition) is 0. The largest absolute Gasteiger partial charge is 0.466 e. The molecule has 1 aromatic rings. The van der Waals surface area contributed by atoms with Crippen molar-refractivity contribution >= 4 is 5.97 Å². The molecule has 0 saturated heterocycles. The predicted octanol–water partition coefficient (Wildman–Crippen LogP) is 3.17. The molecule has 3 rings (SSSR count). The Morgan fingerprint density at radius 3 is 2.84 bits per heavy atom. The second kappa shape index (κ2) is 4.97. The van der Waals surface area contributed by atoms with Gasteiger partial charge in [0.25, 0.3) is 0 Å². The molecule has 1 aliphatic heterocycles. The van der Waals surface area contributed by atoms with Crippen LogP contribution in [0.25, 0.3) is 0 Å². The summed E-state index contributed by atoms with van der Waals surface area (Å²) >= 11 is 0. The quantitative estimate of drug-likeness (QED) is 0.766. The molecule has 0 amide bonds. The summed E-state index contributed by atoms with van der Waals surface area (Å²) in [5, 5.41) is 0. The number of hydrogen-bond acceptors (Lipinski definition) is 3. The van der Waals surface area contributed by atoms with Gasteiger partial charge in [-0.3, -0.25) is 4.79 Å². The summed E-state index contributed by atoms with van der Waals surface area (Å²) in [7, 11) is 0. The molecule has 1 aromatic carbocycles. The van der Waals surface area contributed by atoms with Crippen LogP contribution < -0.4 is 0 Å². The molecule has 0 unspecified atom stereocenters. The molecule has 3 heteroatoms. The first kappa shape index (κ1) is 12.7. The van der Waals surface area contributed by atoms with Gasteiger partial charge in [0, 0.05) is 0 Å². The minimum atomic E-state index is -0.139. The van der Waals surface area contributed by atoms with E-state index in [1.54, 1.807) is 0 Å². The average molecular weight is 260 g/mol. The molecule has 1 aliphatic carbocycles. The highest BCUT2D eigenvalue weighted by atomic mass is 16.5. The van der Waals surface area contributed by atoms with Gasteiger partial charge in [0.15, 0.2) is 0 Å². The van der Waals surface area contributed by atoms with Crippen LogP contribution in [-0.2, 0) is 26.5 Å². The van der Waals surface area contributed by atoms with Gasteiger partial charge >= 0.3 is 5.97 Å². The molecule has 3 nitrogen and oxygen atoms in total. The van der Waals surface area contributed by atoms with Crippen LogP contribution in [0.4, 0.5) is 0 Å². The van der Waals surface area contributed by atoms with Crippen LogP contribution in [0.3, 0.4) is 0 Å². The monoisotopic (exact) mass is 260 g/mol. The topological polar surface area (TPSA) is 35.5 Å². The Balaban J connectivity index is 1.72. The lowest BCUT2D eigenvalue weighted by atomic mass is 9.75. The Morgan fingerprint density at radius 1 is 1.37 bits per heavy atom. The van der Waals surface area contributed by atoms with Crippen molar-refractivity contribution in [3.8, 4) is 0 Å². The fourth-order valence-corrected chi connectivity index (χ4v) is 3.38. The zero-order valence-electron chi connectivity index (χ0n) is 11.4. The van der Waals surface area contributed by atoms with Crippen molar-refractivity contribution in [2.75, 3.05) is 6.61 Å². The summed E-state index contributed by atoms with van der Waals surface area (Å²) in [6, 6.07) is 8.45. The molecule has 102 valence electrons. The molecule has 2 aliphatic rings. The highest BCUT2D eigenvalue weighted by molar-refractivity contribution is 5.72. The normalized spacial score (nSPS) is 29.2. The Kier molecular flexibility index (Phi) is 3.31. The summed E-state index contributed by atoms with van der Waals surface area (Å²) in [4.78, 5) is 11.8. The van der Waals surface area contributed by atoms with Gasteiger partial charge in [-0.2, -0.15) is 0 Å². The molecule has 0 aromatic heterocycles. The molecule has 1 heterocycles. The Bertz CT molecular complexity index is 473. The summed E-state index contributed by atoms with van der Waals surface area (Å²) < 4.78 is 11.2. The molecule has 0 N–H and O–H groups in total. The van der Waals surface area contributed by atoms with Crippen LogP contribution in [0.15, 0.2) is 24.3 Å². The predicted molar refractivity (Wildman–Crippen MR) is 71.5 cm³/mol. The van der Waals surface area contributed by atoms with Gasteiger partial charge in [-0.25, -0.2) is 0 Å². The van der Waals surface area contributed by atoms with Crippen molar-refractivity contribution < 1.29 is 14.3 Å². The minimum absolute atomic E-state index is 0.0383. The van der Waals surface area contributed by atoms with E-state index >= 15 is 0 Å². The van der Waals surface area contributed by atoms with Gasteiger partial charge in [0.2, 0.25) is 0 Å². The van der Waals surface area contributed by atoms with E-state index in [9.17, 15) is 4.79 Å². The van der Waals surface area contributed by atoms with E-state index in [1.807, 2.05) is 6.92 Å². The lowest BCUT2D eigenvalue weighted by molar-refractivity contribution is -0.152. The zero-order valence-corrected chi connectivity index (χ0v) is 11.4. The van der Waals surface area contributed by atoms with Crippen LogP contribution in [0, 0.1) is 5.92 Å². The highest BCUT2D eigenvalue weighted by Gasteiger charge is 2.44. The maximum Gasteiger partial charge on any atom is 0.308 e. The SMILES string of the molecule is CCOC(=O)[C@H]1CC[C@@]2(CC1)OCc1ccccc12. The van der Waals surface area contributed by atoms with Crippen molar-refractivity contribution in [2.24, 2.45) is 5.92 Å². The van der Waals surface area contributed by atoms with Crippen LogP contribution in [0.5, 0.6) is 0 Å². The lowest BCUT2D eigenvalue weighted by Crippen LogP contribution is -2.34. The lowest BCUT2D eigenvalue weighted by Gasteiger charge is -2.36. The summed E-state index contributed by atoms with van der Waals surface area (Å²) in [5.41, 5.74) is 2.49. The fraction of sp³-hybridized carbons (Fsp3) is 0.562. The van der Waals surface area contributed by atoms with Crippen LogP contribution in [0.2, 0.25) is 0 Å². The van der Waals surface area contributed by atoms with E-state index in [4.69, 9.17) is 9.47 Å². The second-order valence-electron chi connectivity index (χ2n) is 5.47. The minimum Gasteiger partial charge on any atom is -0.466 e. The maximum atomic E-state index is 11.8. The van der Waals surface area contributed by atoms with E-state index < -0.39 is 0 Å². The van der Waals surface area contributed by atoms with E-state index in [1.165, 1.54) is 11.1 Å². The number of carbonyl (C=O) groups excluding carboxylic acids is 1. The Hall–Kier alpha value is -1.35. The van der Waals surface area contributed by atoms with E-state index in [0.29, 0.717) is 13.2 Å². The molecular formula is C16H20O3. The third-order valence-corrected chi connectivity index (χ3v) is 4.43. The standard InChI is InChI=1S/C16H20O3/c1-2-18-15(17)12-7-9-16(10-8-12)14-6-4-3-5-13(14)11-19-16/h3-6,12H,2,7-11H2,1H3/t12-,16-. The summed E-state index contributed by atoms with van der Waals surface area (Å²) in [6.45, 7) is 3.04. The molecule has 1 spiro atoms. The number of ether oxygens (including phenoxy) is 2. The molecule has 0 atom stereocenters. The van der Waals surface area contributed by atoms with Crippen molar-refractivity contribution in [1.82, 2.24) is 0 Å². The second-order valence-corrected chi connectivity index (χ2v) is 5.47. The number of esters is 1. The highest BCUT2D eigenvalue weighted by Crippen LogP contribution is 2.48. The smallest absolute Gasteiger partial charge is 0.308 e. The first-order valence-electron chi connectivity index (χ1n) is 7.14. The van der Waals surface area contributed by atoms with Crippen molar-refractivity contribution in [3.63, 3.8) is 0 Å². The molecule has 19 heavy (non-hydrogen) atoms. The van der Waals surface area contributed by atoms with Gasteiger partial charge in [0.1, 0.15) is 0 Å². The van der Waals surface area contributed by atoms with Gasteiger partial charge in [-0.1, -0.05) is 24.3 Å². The van der Waals surface area contributed by atoms with Gasteiger partial charge in [-0.05, 0) is 43.7 Å². The van der Waals surface area contributed by atoms with Crippen LogP contribution in [-0.4, -0.2) is 12.6 Å². The molecule has 0 bridgehead atoms. The molecule has 0 radical (unpaired) electrons. The summed E-state index contributed by atoms with van der Waals surface area (Å²) in [6.07, 6.45) is 3.58. The third kappa shape index (κ3) is 2.16. The van der Waals surface area contributed by atoms with E-state index in [2.05, 4.69) is 24.3 Å². The summed E-state index contributed by atoms with van der Waals surface area (Å²) in [5.74, 6) is 0.0190. The third-order valence-electron chi connectivity index (χ3n) is 4.43. The van der Waals surface area contributed by atoms with Crippen LogP contribution >= 0.6 is 0 Å². The maximum absolute atomic E-state index is 11.8. The Morgan fingerprint density at radius 2 is 2.11 bits per heavy atom. The average Bonchev–Trinajstić information content (AvgIpc) is 2.80. The molecule has 1 fully saturated rings. The van der Waals surface area contributed by atoms with E-state index in [-0.39, 0.29) is 17.5 Å². The Labute approximate surface area is 113 Å². The van der Waals surface area contributed by atoms with E-state index in [0.717, 1.165) is 25.7 Å². The number of benzene rings is 1. The number of rotatable bonds is 2. The molecular weight excluding hydrogens is 240 g/mol. The van der Waals surface area contributed by atoms with Gasteiger partial charge in [-0.15, -0.1) is 0 Å². The van der Waals surface area contributed by atoms with Crippen molar-refractivity contribution in [1.29, 1.82) is 0 Å².